The summed E-state index contributed by atoms with van der Waals surface area (Å²) in [6.45, 7) is 1.76. The van der Waals surface area contributed by atoms with Crippen molar-refractivity contribution in [2.75, 3.05) is 15.5 Å². The van der Waals surface area contributed by atoms with Crippen LogP contribution in [0.3, 0.4) is 0 Å². The highest BCUT2D eigenvalue weighted by Crippen LogP contribution is 2.36. The zero-order chi connectivity index (χ0) is 35.6. The van der Waals surface area contributed by atoms with Crippen molar-refractivity contribution >= 4 is 64.4 Å². The lowest BCUT2D eigenvalue weighted by Crippen LogP contribution is -2.17. The minimum atomic E-state index is -1.19. The number of aromatic hydroxyl groups is 1. The number of para-hydroxylation sites is 1. The number of ether oxygens (including phenoxy) is 1. The van der Waals surface area contributed by atoms with Crippen molar-refractivity contribution in [3.8, 4) is 11.5 Å². The maximum atomic E-state index is 12.4. The Morgan fingerprint density at radius 2 is 1.18 bits per heavy atom. The first-order valence-corrected chi connectivity index (χ1v) is 15.9. The Kier molecular flexibility index (Phi) is 10.4. The van der Waals surface area contributed by atoms with Gasteiger partial charge in [-0.15, -0.1) is 0 Å². The SMILES string of the molecule is Cc1ccc(NC(=O)Oc2ccc(C=Nc3ccc(N(c4ccccc4)c4ccc(N=Cc5ccc(O)cc5)cc4)cc3)cc2)cc1NC(=O)O. The predicted octanol–water partition coefficient (Wildman–Crippen LogP) is 10.4. The molecule has 252 valence electrons. The summed E-state index contributed by atoms with van der Waals surface area (Å²) in [4.78, 5) is 34.8. The number of nitrogens with one attached hydrogen (secondary N) is 2. The zero-order valence-electron chi connectivity index (χ0n) is 27.5. The van der Waals surface area contributed by atoms with Gasteiger partial charge < -0.3 is 19.8 Å². The standard InChI is InChI=1S/C41H33N5O5/c1-28-7-12-33(25-39(28)45-40(48)49)44-41(50)51-38-23-10-30(11-24-38)27-43-32-15-19-36(20-16-32)46(34-5-3-2-4-6-34)35-17-13-31(14-18-35)42-26-29-8-21-37(47)22-9-29/h2-27,45,47H,1H3,(H,44,50)(H,48,49). The molecular weight excluding hydrogens is 642 g/mol. The third-order valence-corrected chi connectivity index (χ3v) is 7.66. The topological polar surface area (TPSA) is 136 Å². The second-order valence-corrected chi connectivity index (χ2v) is 11.4. The van der Waals surface area contributed by atoms with Gasteiger partial charge in [-0.2, -0.15) is 0 Å². The first-order valence-electron chi connectivity index (χ1n) is 15.9. The summed E-state index contributed by atoms with van der Waals surface area (Å²) < 4.78 is 5.39. The highest BCUT2D eigenvalue weighted by Gasteiger charge is 2.13. The van der Waals surface area contributed by atoms with E-state index in [1.54, 1.807) is 67.9 Å². The molecule has 0 fully saturated rings. The molecule has 0 saturated carbocycles. The first kappa shape index (κ1) is 33.7. The van der Waals surface area contributed by atoms with Crippen LogP contribution < -0.4 is 20.3 Å². The number of phenols is 1. The number of hydrogen-bond acceptors (Lipinski definition) is 7. The molecule has 6 rings (SSSR count). The molecule has 10 heteroatoms. The number of anilines is 5. The van der Waals surface area contributed by atoms with Gasteiger partial charge in [-0.3, -0.25) is 20.6 Å². The van der Waals surface area contributed by atoms with E-state index in [-0.39, 0.29) is 5.75 Å². The van der Waals surface area contributed by atoms with Gasteiger partial charge in [-0.1, -0.05) is 24.3 Å². The van der Waals surface area contributed by atoms with Crippen LogP contribution in [0.25, 0.3) is 0 Å². The van der Waals surface area contributed by atoms with Crippen LogP contribution in [0.1, 0.15) is 16.7 Å². The summed E-state index contributed by atoms with van der Waals surface area (Å²) in [6.07, 6.45) is 1.59. The van der Waals surface area contributed by atoms with Crippen LogP contribution in [0.15, 0.2) is 156 Å². The van der Waals surface area contributed by atoms with E-state index in [0.29, 0.717) is 17.1 Å². The van der Waals surface area contributed by atoms with E-state index >= 15 is 0 Å². The number of amides is 2. The molecule has 6 aromatic rings. The predicted molar refractivity (Wildman–Crippen MR) is 203 cm³/mol. The first-order chi connectivity index (χ1) is 24.8. The van der Waals surface area contributed by atoms with E-state index in [0.717, 1.165) is 45.1 Å². The van der Waals surface area contributed by atoms with Gasteiger partial charge >= 0.3 is 12.2 Å². The number of hydrogen-bond donors (Lipinski definition) is 4. The number of aliphatic imine (C=N–C) groups is 2. The minimum Gasteiger partial charge on any atom is -0.508 e. The molecule has 0 saturated heterocycles. The highest BCUT2D eigenvalue weighted by atomic mass is 16.6. The summed E-state index contributed by atoms with van der Waals surface area (Å²) in [5.41, 5.74) is 7.68. The molecule has 10 nitrogen and oxygen atoms in total. The molecule has 0 atom stereocenters. The molecule has 4 N–H and O–H groups in total. The number of carbonyl (C=O) groups is 2. The van der Waals surface area contributed by atoms with Crippen LogP contribution in [0, 0.1) is 6.92 Å². The van der Waals surface area contributed by atoms with Crippen LogP contribution >= 0.6 is 0 Å². The van der Waals surface area contributed by atoms with Gasteiger partial charge in [-0.05, 0) is 145 Å². The molecule has 0 radical (unpaired) electrons. The van der Waals surface area contributed by atoms with Crippen molar-refractivity contribution in [3.05, 3.63) is 162 Å². The number of benzene rings is 6. The van der Waals surface area contributed by atoms with E-state index < -0.39 is 12.2 Å². The van der Waals surface area contributed by atoms with Gasteiger partial charge in [0.1, 0.15) is 11.5 Å². The number of phenolic OH excluding ortho intramolecular Hbond substituents is 1. The maximum Gasteiger partial charge on any atom is 0.417 e. The largest absolute Gasteiger partial charge is 0.508 e. The van der Waals surface area contributed by atoms with Gasteiger partial charge in [0.25, 0.3) is 0 Å². The van der Waals surface area contributed by atoms with Crippen molar-refractivity contribution in [2.45, 2.75) is 6.92 Å². The number of rotatable bonds is 10. The fourth-order valence-corrected chi connectivity index (χ4v) is 5.08. The lowest BCUT2D eigenvalue weighted by Gasteiger charge is -2.25. The third-order valence-electron chi connectivity index (χ3n) is 7.66. The normalized spacial score (nSPS) is 11.0. The van der Waals surface area contributed by atoms with Crippen molar-refractivity contribution in [1.82, 2.24) is 0 Å². The summed E-state index contributed by atoms with van der Waals surface area (Å²) in [5.74, 6) is 0.553. The van der Waals surface area contributed by atoms with Crippen LogP contribution in [0.5, 0.6) is 11.5 Å². The molecule has 0 bridgehead atoms. The summed E-state index contributed by atoms with van der Waals surface area (Å²) in [7, 11) is 0. The second kappa shape index (κ2) is 15.8. The number of carbonyl (C=O) groups excluding carboxylic acids is 1. The molecule has 0 aliphatic carbocycles. The Labute approximate surface area is 294 Å². The van der Waals surface area contributed by atoms with Crippen LogP contribution in [-0.4, -0.2) is 34.8 Å². The van der Waals surface area contributed by atoms with Crippen molar-refractivity contribution in [2.24, 2.45) is 9.98 Å². The molecule has 0 heterocycles. The molecule has 2 amide bonds. The smallest absolute Gasteiger partial charge is 0.417 e. The number of carboxylic acid groups (broad SMARTS) is 1. The molecule has 0 aromatic heterocycles. The summed E-state index contributed by atoms with van der Waals surface area (Å²) in [6, 6.07) is 44.7. The van der Waals surface area contributed by atoms with Gasteiger partial charge in [0.05, 0.1) is 11.4 Å². The molecule has 51 heavy (non-hydrogen) atoms. The lowest BCUT2D eigenvalue weighted by molar-refractivity contribution is 0.209. The van der Waals surface area contributed by atoms with Gasteiger partial charge in [0.15, 0.2) is 0 Å². The van der Waals surface area contributed by atoms with Crippen molar-refractivity contribution in [3.63, 3.8) is 0 Å². The zero-order valence-corrected chi connectivity index (χ0v) is 27.5. The van der Waals surface area contributed by atoms with E-state index in [4.69, 9.17) is 9.84 Å². The Morgan fingerprint density at radius 3 is 1.73 bits per heavy atom. The van der Waals surface area contributed by atoms with Gasteiger partial charge in [0.2, 0.25) is 0 Å². The minimum absolute atomic E-state index is 0.217. The van der Waals surface area contributed by atoms with Crippen molar-refractivity contribution < 1.29 is 24.5 Å². The van der Waals surface area contributed by atoms with E-state index in [1.165, 1.54) is 6.07 Å². The second-order valence-electron chi connectivity index (χ2n) is 11.4. The Morgan fingerprint density at radius 1 is 0.647 bits per heavy atom. The summed E-state index contributed by atoms with van der Waals surface area (Å²) >= 11 is 0. The van der Waals surface area contributed by atoms with Gasteiger partial charge in [-0.25, -0.2) is 9.59 Å². The average Bonchev–Trinajstić information content (AvgIpc) is 3.14. The average molecular weight is 676 g/mol. The third kappa shape index (κ3) is 9.24. The van der Waals surface area contributed by atoms with E-state index in [1.807, 2.05) is 78.9 Å². The Bertz CT molecular complexity index is 2170. The molecular formula is C41H33N5O5. The lowest BCUT2D eigenvalue weighted by atomic mass is 10.1. The van der Waals surface area contributed by atoms with E-state index in [9.17, 15) is 14.7 Å². The van der Waals surface area contributed by atoms with Crippen LogP contribution in [-0.2, 0) is 0 Å². The molecule has 0 aliphatic rings. The maximum absolute atomic E-state index is 12.4. The van der Waals surface area contributed by atoms with Crippen LogP contribution in [0.2, 0.25) is 0 Å². The summed E-state index contributed by atoms with van der Waals surface area (Å²) in [5, 5.41) is 23.4. The number of aryl methyl sites for hydroxylation is 1. The fourth-order valence-electron chi connectivity index (χ4n) is 5.08. The molecule has 6 aromatic carbocycles. The van der Waals surface area contributed by atoms with Crippen molar-refractivity contribution in [1.29, 1.82) is 0 Å². The monoisotopic (exact) mass is 675 g/mol. The molecule has 0 unspecified atom stereocenters. The van der Waals surface area contributed by atoms with Crippen LogP contribution in [0.4, 0.5) is 49.4 Å². The fraction of sp³-hybridized carbons (Fsp3) is 0.0244. The van der Waals surface area contributed by atoms with Gasteiger partial charge in [0, 0.05) is 40.9 Å². The highest BCUT2D eigenvalue weighted by molar-refractivity contribution is 5.90. The quantitative estimate of drug-likeness (QED) is 0.107. The molecule has 0 spiro atoms. The molecule has 0 aliphatic heterocycles. The Hall–Kier alpha value is -7.20. The van der Waals surface area contributed by atoms with E-state index in [2.05, 4.69) is 37.7 Å². The Balaban J connectivity index is 1.10. The number of nitrogens with zero attached hydrogens (tertiary/aromatic N) is 3.